The minimum Gasteiger partial charge on any atom is -0.494 e. The first-order chi connectivity index (χ1) is 11.6. The zero-order chi connectivity index (χ0) is 17.4. The third-order valence-electron chi connectivity index (χ3n) is 3.35. The number of rotatable bonds is 9. The second-order valence-corrected chi connectivity index (χ2v) is 7.11. The molecule has 0 aliphatic carbocycles. The summed E-state index contributed by atoms with van der Waals surface area (Å²) in [6.07, 6.45) is 1.83. The zero-order valence-corrected chi connectivity index (χ0v) is 15.3. The van der Waals surface area contributed by atoms with Gasteiger partial charge in [0.15, 0.2) is 6.54 Å². The molecule has 1 amide bonds. The second-order valence-electron chi connectivity index (χ2n) is 5.31. The van der Waals surface area contributed by atoms with E-state index in [1.807, 2.05) is 49.4 Å². The highest BCUT2D eigenvalue weighted by Crippen LogP contribution is 2.20. The van der Waals surface area contributed by atoms with E-state index >= 15 is 0 Å². The summed E-state index contributed by atoms with van der Waals surface area (Å²) < 4.78 is 6.16. The summed E-state index contributed by atoms with van der Waals surface area (Å²) in [6, 6.07) is 11.3. The van der Waals surface area contributed by atoms with Crippen molar-refractivity contribution in [1.29, 1.82) is 0 Å². The molecule has 2 rings (SSSR count). The molecule has 0 spiro atoms. The summed E-state index contributed by atoms with van der Waals surface area (Å²) in [5.74, 6) is 0.766. The maximum Gasteiger partial charge on any atom is 0.279 e. The Labute approximate surface area is 151 Å². The SMILES string of the molecule is C=CC[NH+](CC(=O)Nc1ccc(OCC)cc1)Cc1ccc(Cl)s1. The summed E-state index contributed by atoms with van der Waals surface area (Å²) in [5.41, 5.74) is 0.764. The van der Waals surface area contributed by atoms with Gasteiger partial charge in [0, 0.05) is 5.69 Å². The van der Waals surface area contributed by atoms with Gasteiger partial charge in [0.1, 0.15) is 12.3 Å². The molecule has 0 saturated heterocycles. The number of ether oxygens (including phenoxy) is 1. The summed E-state index contributed by atoms with van der Waals surface area (Å²) in [7, 11) is 0. The first-order valence-corrected chi connectivity index (χ1v) is 9.01. The number of benzene rings is 1. The van der Waals surface area contributed by atoms with Crippen molar-refractivity contribution in [3.8, 4) is 5.75 Å². The predicted molar refractivity (Wildman–Crippen MR) is 100 cm³/mol. The molecule has 4 nitrogen and oxygen atoms in total. The van der Waals surface area contributed by atoms with Crippen LogP contribution in [0.4, 0.5) is 5.69 Å². The molecule has 1 aromatic carbocycles. The van der Waals surface area contributed by atoms with E-state index in [1.165, 1.54) is 0 Å². The molecule has 24 heavy (non-hydrogen) atoms. The molecule has 0 aliphatic rings. The van der Waals surface area contributed by atoms with E-state index in [9.17, 15) is 4.79 Å². The quantitative estimate of drug-likeness (QED) is 0.671. The highest BCUT2D eigenvalue weighted by atomic mass is 35.5. The minimum absolute atomic E-state index is 0.0290. The Morgan fingerprint density at radius 2 is 2.08 bits per heavy atom. The van der Waals surface area contributed by atoms with E-state index < -0.39 is 0 Å². The lowest BCUT2D eigenvalue weighted by Gasteiger charge is -2.16. The lowest BCUT2D eigenvalue weighted by atomic mass is 10.3. The van der Waals surface area contributed by atoms with Crippen LogP contribution in [0.3, 0.4) is 0 Å². The second kappa shape index (κ2) is 9.47. The Kier molecular flexibility index (Phi) is 7.31. The summed E-state index contributed by atoms with van der Waals surface area (Å²) >= 11 is 7.51. The highest BCUT2D eigenvalue weighted by molar-refractivity contribution is 7.16. The molecular weight excluding hydrogens is 344 g/mol. The molecule has 2 N–H and O–H groups in total. The Hall–Kier alpha value is -1.82. The van der Waals surface area contributed by atoms with Crippen molar-refractivity contribution in [2.75, 3.05) is 25.0 Å². The fourth-order valence-corrected chi connectivity index (χ4v) is 3.50. The lowest BCUT2D eigenvalue weighted by molar-refractivity contribution is -0.899. The van der Waals surface area contributed by atoms with Crippen LogP contribution in [-0.4, -0.2) is 25.6 Å². The van der Waals surface area contributed by atoms with Crippen LogP contribution in [0.25, 0.3) is 0 Å². The molecular formula is C18H22ClN2O2S+. The monoisotopic (exact) mass is 365 g/mol. The largest absolute Gasteiger partial charge is 0.494 e. The van der Waals surface area contributed by atoms with Crippen molar-refractivity contribution in [2.45, 2.75) is 13.5 Å². The van der Waals surface area contributed by atoms with Crippen molar-refractivity contribution in [1.82, 2.24) is 0 Å². The van der Waals surface area contributed by atoms with Gasteiger partial charge in [-0.3, -0.25) is 4.79 Å². The van der Waals surface area contributed by atoms with E-state index in [1.54, 1.807) is 11.3 Å². The fourth-order valence-electron chi connectivity index (χ4n) is 2.34. The van der Waals surface area contributed by atoms with E-state index in [0.29, 0.717) is 19.7 Å². The minimum atomic E-state index is -0.0290. The number of quaternary nitrogens is 1. The number of hydrogen-bond acceptors (Lipinski definition) is 3. The number of nitrogens with one attached hydrogen (secondary N) is 2. The number of carbonyl (C=O) groups is 1. The van der Waals surface area contributed by atoms with Crippen molar-refractivity contribution in [2.24, 2.45) is 0 Å². The predicted octanol–water partition coefficient (Wildman–Crippen LogP) is 3.01. The van der Waals surface area contributed by atoms with Crippen molar-refractivity contribution < 1.29 is 14.4 Å². The molecule has 0 aliphatic heterocycles. The van der Waals surface area contributed by atoms with Crippen molar-refractivity contribution >= 4 is 34.5 Å². The molecule has 0 fully saturated rings. The van der Waals surface area contributed by atoms with Gasteiger partial charge in [-0.2, -0.15) is 0 Å². The number of halogens is 1. The molecule has 1 unspecified atom stereocenters. The summed E-state index contributed by atoms with van der Waals surface area (Å²) in [6.45, 7) is 8.17. The van der Waals surface area contributed by atoms with Gasteiger partial charge in [-0.1, -0.05) is 18.2 Å². The molecule has 0 saturated carbocycles. The number of carbonyl (C=O) groups excluding carboxylic acids is 1. The van der Waals surface area contributed by atoms with Crippen molar-refractivity contribution in [3.05, 3.63) is 58.3 Å². The molecule has 1 heterocycles. The topological polar surface area (TPSA) is 42.8 Å². The normalized spacial score (nSPS) is 11.8. The van der Waals surface area contributed by atoms with Crippen LogP contribution >= 0.6 is 22.9 Å². The summed E-state index contributed by atoms with van der Waals surface area (Å²) in [5, 5.41) is 2.92. The summed E-state index contributed by atoms with van der Waals surface area (Å²) in [4.78, 5) is 14.6. The van der Waals surface area contributed by atoms with E-state index in [0.717, 1.165) is 32.1 Å². The van der Waals surface area contributed by atoms with Gasteiger partial charge in [-0.25, -0.2) is 0 Å². The van der Waals surface area contributed by atoms with Crippen LogP contribution < -0.4 is 15.0 Å². The van der Waals surface area contributed by atoms with Gasteiger partial charge in [0.25, 0.3) is 5.91 Å². The van der Waals surface area contributed by atoms with E-state index in [2.05, 4.69) is 11.9 Å². The fraction of sp³-hybridized carbons (Fsp3) is 0.278. The number of anilines is 1. The maximum absolute atomic E-state index is 12.3. The first kappa shape index (κ1) is 18.5. The van der Waals surface area contributed by atoms with Crippen molar-refractivity contribution in [3.63, 3.8) is 0 Å². The highest BCUT2D eigenvalue weighted by Gasteiger charge is 2.15. The van der Waals surface area contributed by atoms with Crippen LogP contribution in [0.5, 0.6) is 5.75 Å². The molecule has 6 heteroatoms. The average Bonchev–Trinajstić information content (AvgIpc) is 2.95. The Balaban J connectivity index is 1.90. The Morgan fingerprint density at radius 1 is 1.33 bits per heavy atom. The van der Waals surface area contributed by atoms with Crippen LogP contribution in [0.1, 0.15) is 11.8 Å². The van der Waals surface area contributed by atoms with Gasteiger partial charge < -0.3 is 15.0 Å². The van der Waals surface area contributed by atoms with Gasteiger partial charge in [0.2, 0.25) is 0 Å². The molecule has 2 aromatic rings. The first-order valence-electron chi connectivity index (χ1n) is 7.82. The molecule has 0 bridgehead atoms. The third kappa shape index (κ3) is 6.00. The molecule has 0 radical (unpaired) electrons. The van der Waals surface area contributed by atoms with Gasteiger partial charge in [-0.15, -0.1) is 11.3 Å². The molecule has 128 valence electrons. The number of thiophene rings is 1. The number of amides is 1. The molecule has 1 aromatic heterocycles. The van der Waals surface area contributed by atoms with Gasteiger partial charge >= 0.3 is 0 Å². The zero-order valence-electron chi connectivity index (χ0n) is 13.7. The van der Waals surface area contributed by atoms with E-state index in [-0.39, 0.29) is 5.91 Å². The smallest absolute Gasteiger partial charge is 0.279 e. The standard InChI is InChI=1S/C18H21ClN2O2S/c1-3-11-21(12-16-9-10-17(19)24-16)13-18(22)20-14-5-7-15(8-6-14)23-4-2/h3,5-10H,1,4,11-13H2,2H3,(H,20,22)/p+1. The lowest BCUT2D eigenvalue weighted by Crippen LogP contribution is -3.11. The maximum atomic E-state index is 12.3. The third-order valence-corrected chi connectivity index (χ3v) is 4.58. The molecule has 1 atom stereocenters. The van der Waals surface area contributed by atoms with E-state index in [4.69, 9.17) is 16.3 Å². The van der Waals surface area contributed by atoms with Gasteiger partial charge in [-0.05, 0) is 49.4 Å². The Morgan fingerprint density at radius 3 is 2.67 bits per heavy atom. The average molecular weight is 366 g/mol. The van der Waals surface area contributed by atoms with Crippen LogP contribution in [0.15, 0.2) is 49.1 Å². The van der Waals surface area contributed by atoms with Crippen LogP contribution in [0, 0.1) is 0 Å². The van der Waals surface area contributed by atoms with Crippen LogP contribution in [-0.2, 0) is 11.3 Å². The van der Waals surface area contributed by atoms with Crippen LogP contribution in [0.2, 0.25) is 4.34 Å². The Bertz CT molecular complexity index is 670. The van der Waals surface area contributed by atoms with Gasteiger partial charge in [0.05, 0.1) is 22.4 Å². The number of hydrogen-bond donors (Lipinski definition) is 2.